The molecule has 1 N–H and O–H groups in total. The van der Waals surface area contributed by atoms with Gasteiger partial charge in [-0.2, -0.15) is 0 Å². The van der Waals surface area contributed by atoms with Crippen molar-refractivity contribution >= 4 is 58.3 Å². The fraction of sp³-hybridized carbons (Fsp3) is 0.115. The Bertz CT molecular complexity index is 1220. The van der Waals surface area contributed by atoms with Gasteiger partial charge < -0.3 is 15.0 Å². The van der Waals surface area contributed by atoms with Crippen LogP contribution in [0.5, 0.6) is 0 Å². The number of esters is 1. The van der Waals surface area contributed by atoms with Crippen molar-refractivity contribution < 1.29 is 19.1 Å². The van der Waals surface area contributed by atoms with Crippen LogP contribution in [-0.2, 0) is 9.53 Å². The standard InChI is InChI=1S/C26H21Cl3N2O4/c1-31(15-14-30-25(33)18-4-10-21(28)11-5-18)24(32)16-23(17-2-8-20(27)9-3-17)35-26(34)19-6-12-22(29)13-7-19/h2-13,16H,14-15H2,1H3,(H,30,33)/b23-16+. The van der Waals surface area contributed by atoms with Crippen LogP contribution in [0.15, 0.2) is 78.9 Å². The summed E-state index contributed by atoms with van der Waals surface area (Å²) in [5, 5.41) is 4.26. The van der Waals surface area contributed by atoms with E-state index in [1.54, 1.807) is 67.7 Å². The smallest absolute Gasteiger partial charge is 0.343 e. The number of hydrogen-bond donors (Lipinski definition) is 1. The Hall–Kier alpha value is -3.32. The van der Waals surface area contributed by atoms with Crippen LogP contribution in [0.25, 0.3) is 5.76 Å². The van der Waals surface area contributed by atoms with Crippen molar-refractivity contribution in [1.29, 1.82) is 0 Å². The Kier molecular flexibility index (Phi) is 9.32. The highest BCUT2D eigenvalue weighted by Crippen LogP contribution is 2.21. The zero-order chi connectivity index (χ0) is 25.4. The van der Waals surface area contributed by atoms with Gasteiger partial charge in [0.1, 0.15) is 5.76 Å². The second kappa shape index (κ2) is 12.4. The van der Waals surface area contributed by atoms with E-state index < -0.39 is 11.9 Å². The quantitative estimate of drug-likeness (QED) is 0.229. The van der Waals surface area contributed by atoms with E-state index in [2.05, 4.69) is 5.32 Å². The lowest BCUT2D eigenvalue weighted by molar-refractivity contribution is -0.124. The summed E-state index contributed by atoms with van der Waals surface area (Å²) < 4.78 is 5.54. The molecule has 0 aliphatic carbocycles. The SMILES string of the molecule is CN(CCNC(=O)c1ccc(Cl)cc1)C(=O)/C=C(/OC(=O)c1ccc(Cl)cc1)c1ccc(Cl)cc1. The number of nitrogens with one attached hydrogen (secondary N) is 1. The Morgan fingerprint density at radius 1 is 0.771 bits per heavy atom. The lowest BCUT2D eigenvalue weighted by atomic mass is 10.1. The average Bonchev–Trinajstić information content (AvgIpc) is 2.84. The number of amides is 2. The molecular formula is C26H21Cl3N2O4. The van der Waals surface area contributed by atoms with Gasteiger partial charge in [-0.3, -0.25) is 9.59 Å². The number of hydrogen-bond acceptors (Lipinski definition) is 4. The summed E-state index contributed by atoms with van der Waals surface area (Å²) in [6.07, 6.45) is 1.22. The third-order valence-electron chi connectivity index (χ3n) is 4.88. The van der Waals surface area contributed by atoms with Crippen LogP contribution in [0.3, 0.4) is 0 Å². The summed E-state index contributed by atoms with van der Waals surface area (Å²) in [5.41, 5.74) is 1.23. The minimum atomic E-state index is -0.645. The van der Waals surface area contributed by atoms with Crippen LogP contribution in [0, 0.1) is 0 Å². The number of halogens is 3. The van der Waals surface area contributed by atoms with E-state index >= 15 is 0 Å². The van der Waals surface area contributed by atoms with Gasteiger partial charge >= 0.3 is 5.97 Å². The van der Waals surface area contributed by atoms with E-state index in [-0.39, 0.29) is 30.3 Å². The van der Waals surface area contributed by atoms with Crippen molar-refractivity contribution in [2.75, 3.05) is 20.1 Å². The minimum absolute atomic E-state index is 0.0590. The Balaban J connectivity index is 1.68. The molecule has 0 atom stereocenters. The predicted octanol–water partition coefficient (Wildman–Crippen LogP) is 5.73. The molecule has 0 aliphatic rings. The van der Waals surface area contributed by atoms with Gasteiger partial charge in [0.05, 0.1) is 5.56 Å². The second-order valence-corrected chi connectivity index (χ2v) is 8.74. The average molecular weight is 532 g/mol. The number of benzene rings is 3. The number of ether oxygens (including phenoxy) is 1. The van der Waals surface area contributed by atoms with Crippen LogP contribution >= 0.6 is 34.8 Å². The number of rotatable bonds is 8. The van der Waals surface area contributed by atoms with E-state index in [1.807, 2.05) is 0 Å². The lowest BCUT2D eigenvalue weighted by Crippen LogP contribution is -2.35. The predicted molar refractivity (Wildman–Crippen MR) is 138 cm³/mol. The van der Waals surface area contributed by atoms with Crippen molar-refractivity contribution in [3.05, 3.63) is 111 Å². The molecule has 180 valence electrons. The molecule has 0 bridgehead atoms. The van der Waals surface area contributed by atoms with Crippen LogP contribution in [0.2, 0.25) is 15.1 Å². The Labute approximate surface area is 218 Å². The molecule has 3 aromatic carbocycles. The molecule has 35 heavy (non-hydrogen) atoms. The summed E-state index contributed by atoms with van der Waals surface area (Å²) in [7, 11) is 1.58. The van der Waals surface area contributed by atoms with Crippen LogP contribution in [-0.4, -0.2) is 42.8 Å². The third kappa shape index (κ3) is 7.86. The first-order valence-corrected chi connectivity index (χ1v) is 11.6. The number of likely N-dealkylation sites (N-methyl/N-ethyl adjacent to an activating group) is 1. The first kappa shape index (κ1) is 26.3. The van der Waals surface area contributed by atoms with Gasteiger partial charge in [0.2, 0.25) is 5.91 Å². The first-order chi connectivity index (χ1) is 16.7. The molecule has 0 heterocycles. The maximum Gasteiger partial charge on any atom is 0.343 e. The van der Waals surface area contributed by atoms with Gasteiger partial charge in [-0.15, -0.1) is 0 Å². The second-order valence-electron chi connectivity index (χ2n) is 7.43. The van der Waals surface area contributed by atoms with E-state index in [9.17, 15) is 14.4 Å². The van der Waals surface area contributed by atoms with Crippen molar-refractivity contribution in [3.8, 4) is 0 Å². The fourth-order valence-corrected chi connectivity index (χ4v) is 3.28. The molecule has 0 radical (unpaired) electrons. The zero-order valence-corrected chi connectivity index (χ0v) is 20.9. The topological polar surface area (TPSA) is 75.7 Å². The normalized spacial score (nSPS) is 11.0. The number of carbonyl (C=O) groups excluding carboxylic acids is 3. The van der Waals surface area contributed by atoms with E-state index in [0.717, 1.165) is 0 Å². The summed E-state index contributed by atoms with van der Waals surface area (Å²) in [5.74, 6) is -1.28. The summed E-state index contributed by atoms with van der Waals surface area (Å²) >= 11 is 17.7. The van der Waals surface area contributed by atoms with E-state index in [1.165, 1.54) is 23.1 Å². The molecular weight excluding hydrogens is 511 g/mol. The maximum atomic E-state index is 12.8. The molecule has 0 saturated heterocycles. The molecule has 0 aromatic heterocycles. The first-order valence-electron chi connectivity index (χ1n) is 10.5. The summed E-state index contributed by atoms with van der Waals surface area (Å²) in [6.45, 7) is 0.450. The molecule has 0 unspecified atom stereocenters. The zero-order valence-electron chi connectivity index (χ0n) is 18.6. The summed E-state index contributed by atoms with van der Waals surface area (Å²) in [6, 6.07) is 19.2. The molecule has 0 aliphatic heterocycles. The maximum absolute atomic E-state index is 12.8. The molecule has 3 aromatic rings. The molecule has 9 heteroatoms. The van der Waals surface area contributed by atoms with Crippen LogP contribution in [0.4, 0.5) is 0 Å². The van der Waals surface area contributed by atoms with Crippen molar-refractivity contribution in [3.63, 3.8) is 0 Å². The van der Waals surface area contributed by atoms with E-state index in [4.69, 9.17) is 39.5 Å². The van der Waals surface area contributed by atoms with Gasteiger partial charge in [0, 0.05) is 52.4 Å². The molecule has 6 nitrogen and oxygen atoms in total. The molecule has 3 rings (SSSR count). The van der Waals surface area contributed by atoms with Crippen LogP contribution in [0.1, 0.15) is 26.3 Å². The van der Waals surface area contributed by atoms with Crippen molar-refractivity contribution in [1.82, 2.24) is 10.2 Å². The largest absolute Gasteiger partial charge is 0.422 e. The number of nitrogens with zero attached hydrogens (tertiary/aromatic N) is 1. The monoisotopic (exact) mass is 530 g/mol. The minimum Gasteiger partial charge on any atom is -0.422 e. The Morgan fingerprint density at radius 3 is 1.74 bits per heavy atom. The molecule has 0 fully saturated rings. The Morgan fingerprint density at radius 2 is 1.23 bits per heavy atom. The summed E-state index contributed by atoms with van der Waals surface area (Å²) in [4.78, 5) is 39.1. The molecule has 0 saturated carbocycles. The van der Waals surface area contributed by atoms with Crippen molar-refractivity contribution in [2.24, 2.45) is 0 Å². The highest BCUT2D eigenvalue weighted by Gasteiger charge is 2.16. The fourth-order valence-electron chi connectivity index (χ4n) is 2.90. The molecule has 0 spiro atoms. The van der Waals surface area contributed by atoms with E-state index in [0.29, 0.717) is 26.2 Å². The highest BCUT2D eigenvalue weighted by atomic mass is 35.5. The van der Waals surface area contributed by atoms with Crippen LogP contribution < -0.4 is 5.32 Å². The molecule has 2 amide bonds. The van der Waals surface area contributed by atoms with Gasteiger partial charge in [0.15, 0.2) is 0 Å². The van der Waals surface area contributed by atoms with Gasteiger partial charge in [0.25, 0.3) is 5.91 Å². The lowest BCUT2D eigenvalue weighted by Gasteiger charge is -2.17. The third-order valence-corrected chi connectivity index (χ3v) is 5.64. The van der Waals surface area contributed by atoms with Crippen molar-refractivity contribution in [2.45, 2.75) is 0 Å². The number of carbonyl (C=O) groups is 3. The van der Waals surface area contributed by atoms with Gasteiger partial charge in [-0.25, -0.2) is 4.79 Å². The van der Waals surface area contributed by atoms with Gasteiger partial charge in [-0.1, -0.05) is 34.8 Å². The highest BCUT2D eigenvalue weighted by molar-refractivity contribution is 6.31. The van der Waals surface area contributed by atoms with Gasteiger partial charge in [-0.05, 0) is 72.8 Å².